The van der Waals surface area contributed by atoms with E-state index < -0.39 is 41.2 Å². The zero-order chi connectivity index (χ0) is 23.0. The number of aliphatic hydroxyl groups excluding tert-OH is 1. The van der Waals surface area contributed by atoms with Crippen LogP contribution in [0, 0.1) is 5.92 Å². The van der Waals surface area contributed by atoms with Crippen LogP contribution in [0.25, 0.3) is 0 Å². The van der Waals surface area contributed by atoms with Crippen LogP contribution in [0.2, 0.25) is 0 Å². The van der Waals surface area contributed by atoms with E-state index >= 15 is 0 Å². The van der Waals surface area contributed by atoms with Crippen LogP contribution in [-0.4, -0.2) is 40.6 Å². The van der Waals surface area contributed by atoms with Crippen molar-refractivity contribution in [3.8, 4) is 0 Å². The van der Waals surface area contributed by atoms with Gasteiger partial charge in [0.1, 0.15) is 11.2 Å². The van der Waals surface area contributed by atoms with E-state index in [1.807, 2.05) is 0 Å². The van der Waals surface area contributed by atoms with Crippen LogP contribution in [0.5, 0.6) is 0 Å². The maximum Gasteiger partial charge on any atom is 0.416 e. The third-order valence-corrected chi connectivity index (χ3v) is 6.30. The van der Waals surface area contributed by atoms with Gasteiger partial charge in [-0.1, -0.05) is 12.1 Å². The largest absolute Gasteiger partial charge is 0.416 e. The van der Waals surface area contributed by atoms with Crippen molar-refractivity contribution in [1.82, 2.24) is 15.8 Å². The van der Waals surface area contributed by atoms with Crippen LogP contribution < -0.4 is 16.5 Å². The van der Waals surface area contributed by atoms with Crippen molar-refractivity contribution >= 4 is 11.8 Å². The van der Waals surface area contributed by atoms with Gasteiger partial charge in [-0.25, -0.2) is 0 Å². The van der Waals surface area contributed by atoms with Crippen molar-refractivity contribution in [2.24, 2.45) is 11.7 Å². The van der Waals surface area contributed by atoms with Gasteiger partial charge < -0.3 is 21.6 Å². The number of carbonyl (C=O) groups excluding carboxylic acids is 2. The summed E-state index contributed by atoms with van der Waals surface area (Å²) in [7, 11) is 1.45. The monoisotopic (exact) mass is 440 g/mol. The number of hydrogen-bond donors (Lipinski definition) is 4. The number of likely N-dealkylation sites (N-methyl/N-ethyl adjacent to an activating group) is 1. The van der Waals surface area contributed by atoms with Crippen LogP contribution in [0.4, 0.5) is 13.2 Å². The molecular formula is C21H27F3N4O3. The number of rotatable bonds is 5. The Morgan fingerprint density at radius 3 is 2.29 bits per heavy atom. The van der Waals surface area contributed by atoms with Crippen LogP contribution >= 0.6 is 0 Å². The standard InChI is InChI=1S/C21H27F3N4O3/c1-12(13-3-5-15(6-4-13)21(22,23)24)28-20(19(25)31,11-17(27-28)18(30)26-2)14-7-9-16(29)10-8-14/h3-6,11-12,14,16,27,29H,7-10H2,1-2H3,(H2,25,31)(H,26,30)/t12-,14?,16?,20?/m1/s1. The number of alkyl halides is 3. The van der Waals surface area contributed by atoms with Gasteiger partial charge in [-0.05, 0) is 62.3 Å². The Kier molecular flexibility index (Phi) is 6.33. The smallest absolute Gasteiger partial charge is 0.393 e. The minimum absolute atomic E-state index is 0.145. The molecular weight excluding hydrogens is 413 g/mol. The Morgan fingerprint density at radius 2 is 1.81 bits per heavy atom. The van der Waals surface area contributed by atoms with Gasteiger partial charge in [0.15, 0.2) is 0 Å². The minimum atomic E-state index is -4.46. The fraction of sp³-hybridized carbons (Fsp3) is 0.524. The van der Waals surface area contributed by atoms with Gasteiger partial charge in [-0.15, -0.1) is 0 Å². The molecule has 0 bridgehead atoms. The van der Waals surface area contributed by atoms with Crippen molar-refractivity contribution in [3.05, 3.63) is 47.2 Å². The molecule has 31 heavy (non-hydrogen) atoms. The summed E-state index contributed by atoms with van der Waals surface area (Å²) in [5.41, 5.74) is 7.37. The number of aliphatic hydroxyl groups is 1. The van der Waals surface area contributed by atoms with Gasteiger partial charge in [0, 0.05) is 7.05 Å². The molecule has 2 atom stereocenters. The van der Waals surface area contributed by atoms with Crippen molar-refractivity contribution in [1.29, 1.82) is 0 Å². The van der Waals surface area contributed by atoms with Gasteiger partial charge >= 0.3 is 6.18 Å². The first-order valence-corrected chi connectivity index (χ1v) is 10.2. The summed E-state index contributed by atoms with van der Waals surface area (Å²) in [6, 6.07) is 4.09. The summed E-state index contributed by atoms with van der Waals surface area (Å²) in [4.78, 5) is 25.2. The fourth-order valence-corrected chi connectivity index (χ4v) is 4.53. The molecule has 0 radical (unpaired) electrons. The molecule has 1 unspecified atom stereocenters. The maximum atomic E-state index is 12.9. The van der Waals surface area contributed by atoms with E-state index in [4.69, 9.17) is 5.73 Å². The second-order valence-electron chi connectivity index (χ2n) is 8.11. The van der Waals surface area contributed by atoms with Crippen LogP contribution in [-0.2, 0) is 15.8 Å². The second kappa shape index (κ2) is 8.51. The minimum Gasteiger partial charge on any atom is -0.393 e. The number of benzene rings is 1. The van der Waals surface area contributed by atoms with E-state index in [1.54, 1.807) is 11.9 Å². The van der Waals surface area contributed by atoms with Crippen LogP contribution in [0.1, 0.15) is 49.8 Å². The van der Waals surface area contributed by atoms with Crippen molar-refractivity contribution in [3.63, 3.8) is 0 Å². The Balaban J connectivity index is 2.01. The van der Waals surface area contributed by atoms with Gasteiger partial charge in [0.05, 0.1) is 17.7 Å². The average Bonchev–Trinajstić information content (AvgIpc) is 3.14. The first-order valence-electron chi connectivity index (χ1n) is 10.2. The molecule has 1 aliphatic heterocycles. The van der Waals surface area contributed by atoms with E-state index in [-0.39, 0.29) is 11.6 Å². The summed E-state index contributed by atoms with van der Waals surface area (Å²) >= 11 is 0. The summed E-state index contributed by atoms with van der Waals surface area (Å²) in [6.07, 6.45) is -1.40. The molecule has 2 amide bonds. The Bertz CT molecular complexity index is 864. The molecule has 170 valence electrons. The third kappa shape index (κ3) is 4.27. The van der Waals surface area contributed by atoms with E-state index in [0.717, 1.165) is 12.1 Å². The van der Waals surface area contributed by atoms with Crippen molar-refractivity contribution < 1.29 is 27.9 Å². The molecule has 1 saturated carbocycles. The quantitative estimate of drug-likeness (QED) is 0.560. The van der Waals surface area contributed by atoms with Crippen LogP contribution in [0.3, 0.4) is 0 Å². The highest BCUT2D eigenvalue weighted by Gasteiger charge is 2.54. The molecule has 1 heterocycles. The van der Waals surface area contributed by atoms with E-state index in [1.165, 1.54) is 25.3 Å². The lowest BCUT2D eigenvalue weighted by atomic mass is 9.72. The van der Waals surface area contributed by atoms with Gasteiger partial charge in [0.25, 0.3) is 5.91 Å². The number of hydrazine groups is 1. The normalized spacial score (nSPS) is 27.9. The second-order valence-corrected chi connectivity index (χ2v) is 8.11. The topological polar surface area (TPSA) is 108 Å². The lowest BCUT2D eigenvalue weighted by Crippen LogP contribution is -2.62. The van der Waals surface area contributed by atoms with Gasteiger partial charge in [-0.2, -0.15) is 18.2 Å². The summed E-state index contributed by atoms with van der Waals surface area (Å²) in [5.74, 6) is -1.39. The molecule has 1 aliphatic carbocycles. The van der Waals surface area contributed by atoms with E-state index in [0.29, 0.717) is 31.2 Å². The molecule has 1 aromatic rings. The number of amides is 2. The molecule has 0 spiro atoms. The predicted octanol–water partition coefficient (Wildman–Crippen LogP) is 1.99. The number of nitrogens with one attached hydrogen (secondary N) is 2. The molecule has 5 N–H and O–H groups in total. The lowest BCUT2D eigenvalue weighted by Gasteiger charge is -2.45. The number of hydrogen-bond acceptors (Lipinski definition) is 5. The van der Waals surface area contributed by atoms with Gasteiger partial charge in [0.2, 0.25) is 5.91 Å². The molecule has 3 rings (SSSR count). The number of nitrogens with two attached hydrogens (primary N) is 1. The predicted molar refractivity (Wildman–Crippen MR) is 107 cm³/mol. The van der Waals surface area contributed by atoms with Gasteiger partial charge in [-0.3, -0.25) is 9.59 Å². The summed E-state index contributed by atoms with van der Waals surface area (Å²) < 4.78 is 38.8. The molecule has 1 fully saturated rings. The van der Waals surface area contributed by atoms with Crippen LogP contribution in [0.15, 0.2) is 36.0 Å². The zero-order valence-electron chi connectivity index (χ0n) is 17.4. The Hall–Kier alpha value is -2.59. The summed E-state index contributed by atoms with van der Waals surface area (Å²) in [5, 5.41) is 14.0. The molecule has 1 aromatic carbocycles. The zero-order valence-corrected chi connectivity index (χ0v) is 17.4. The van der Waals surface area contributed by atoms with E-state index in [9.17, 15) is 27.9 Å². The highest BCUT2D eigenvalue weighted by atomic mass is 19.4. The maximum absolute atomic E-state index is 12.9. The number of nitrogens with zero attached hydrogens (tertiary/aromatic N) is 1. The Morgan fingerprint density at radius 1 is 1.23 bits per heavy atom. The molecule has 0 aromatic heterocycles. The third-order valence-electron chi connectivity index (χ3n) is 6.30. The van der Waals surface area contributed by atoms with Crippen molar-refractivity contribution in [2.45, 2.75) is 56.5 Å². The van der Waals surface area contributed by atoms with Crippen molar-refractivity contribution in [2.75, 3.05) is 7.05 Å². The average molecular weight is 440 g/mol. The lowest BCUT2D eigenvalue weighted by molar-refractivity contribution is -0.137. The number of primary amides is 1. The molecule has 10 heteroatoms. The number of carbonyl (C=O) groups is 2. The molecule has 2 aliphatic rings. The van der Waals surface area contributed by atoms with E-state index in [2.05, 4.69) is 10.7 Å². The first kappa shape index (κ1) is 23.1. The Labute approximate surface area is 178 Å². The highest BCUT2D eigenvalue weighted by Crippen LogP contribution is 2.44. The summed E-state index contributed by atoms with van der Waals surface area (Å²) in [6.45, 7) is 1.73. The number of halogens is 3. The first-order chi connectivity index (χ1) is 14.5. The SMILES string of the molecule is CNC(=O)C1=CC(C(N)=O)(C2CCC(O)CC2)N([C@H](C)c2ccc(C(F)(F)F)cc2)N1. The molecule has 0 saturated heterocycles. The highest BCUT2D eigenvalue weighted by molar-refractivity contribution is 5.97. The fourth-order valence-electron chi connectivity index (χ4n) is 4.53. The molecule has 7 nitrogen and oxygen atoms in total.